The largest absolute Gasteiger partial charge is 0.377 e. The van der Waals surface area contributed by atoms with Crippen molar-refractivity contribution in [2.24, 2.45) is 0 Å². The normalized spacial score (nSPS) is 16.3. The van der Waals surface area contributed by atoms with Gasteiger partial charge in [0.25, 0.3) is 0 Å². The predicted molar refractivity (Wildman–Crippen MR) is 78.1 cm³/mol. The monoisotopic (exact) mass is 268 g/mol. The molecule has 4 heteroatoms. The number of carbonyl (C=O) groups excluding carboxylic acids is 1. The number of hydrogen-bond donors (Lipinski definition) is 1. The second-order valence-corrected chi connectivity index (χ2v) is 5.04. The fraction of sp³-hybridized carbons (Fsp3) is 0.800. The maximum atomic E-state index is 12.3. The molecular formula is C15H28N2O2. The lowest BCUT2D eigenvalue weighted by Crippen LogP contribution is -2.46. The predicted octanol–water partition coefficient (Wildman–Crippen LogP) is 1.96. The molecule has 0 unspecified atom stereocenters. The topological polar surface area (TPSA) is 41.6 Å². The number of nitrogens with one attached hydrogen (secondary N) is 1. The van der Waals surface area contributed by atoms with Gasteiger partial charge in [0.15, 0.2) is 0 Å². The number of hydrogen-bond acceptors (Lipinski definition) is 3. The van der Waals surface area contributed by atoms with E-state index in [0.29, 0.717) is 25.7 Å². The van der Waals surface area contributed by atoms with Crippen LogP contribution in [0.25, 0.3) is 0 Å². The number of piperidine rings is 1. The van der Waals surface area contributed by atoms with E-state index in [1.807, 2.05) is 0 Å². The molecule has 1 fully saturated rings. The maximum Gasteiger partial charge on any atom is 0.222 e. The van der Waals surface area contributed by atoms with Crippen molar-refractivity contribution in [3.63, 3.8) is 0 Å². The molecule has 1 rings (SSSR count). The summed E-state index contributed by atoms with van der Waals surface area (Å²) in [5.41, 5.74) is 0. The zero-order valence-electron chi connectivity index (χ0n) is 12.2. The third kappa shape index (κ3) is 6.21. The van der Waals surface area contributed by atoms with Gasteiger partial charge >= 0.3 is 0 Å². The Morgan fingerprint density at radius 1 is 1.47 bits per heavy atom. The van der Waals surface area contributed by atoms with Gasteiger partial charge in [0.2, 0.25) is 5.91 Å². The molecule has 0 bridgehead atoms. The van der Waals surface area contributed by atoms with Gasteiger partial charge in [0, 0.05) is 25.6 Å². The van der Waals surface area contributed by atoms with Gasteiger partial charge in [0.05, 0.1) is 6.61 Å². The molecule has 1 saturated heterocycles. The van der Waals surface area contributed by atoms with Crippen LogP contribution in [-0.4, -0.2) is 49.7 Å². The van der Waals surface area contributed by atoms with Crippen LogP contribution in [0, 0.1) is 0 Å². The molecule has 0 aromatic carbocycles. The van der Waals surface area contributed by atoms with Crippen LogP contribution in [-0.2, 0) is 9.53 Å². The third-order valence-electron chi connectivity index (χ3n) is 3.45. The smallest absolute Gasteiger partial charge is 0.222 e. The quantitative estimate of drug-likeness (QED) is 0.513. The summed E-state index contributed by atoms with van der Waals surface area (Å²) in [5, 5.41) is 3.35. The average molecular weight is 268 g/mol. The second-order valence-electron chi connectivity index (χ2n) is 5.04. The molecule has 0 spiro atoms. The van der Waals surface area contributed by atoms with Gasteiger partial charge in [-0.3, -0.25) is 4.79 Å². The fourth-order valence-corrected chi connectivity index (χ4v) is 2.51. The summed E-state index contributed by atoms with van der Waals surface area (Å²) >= 11 is 0. The number of amides is 1. The molecule has 0 radical (unpaired) electrons. The Balaban J connectivity index is 2.32. The molecule has 0 aromatic heterocycles. The minimum absolute atomic E-state index is 0.288. The van der Waals surface area contributed by atoms with Gasteiger partial charge in [-0.25, -0.2) is 0 Å². The van der Waals surface area contributed by atoms with Crippen LogP contribution in [0.2, 0.25) is 0 Å². The van der Waals surface area contributed by atoms with Crippen molar-refractivity contribution in [3.05, 3.63) is 12.7 Å². The third-order valence-corrected chi connectivity index (χ3v) is 3.45. The molecule has 1 heterocycles. The Bertz CT molecular complexity index is 263. The van der Waals surface area contributed by atoms with E-state index in [0.717, 1.165) is 45.3 Å². The fourth-order valence-electron chi connectivity index (χ4n) is 2.51. The Hall–Kier alpha value is -0.870. The van der Waals surface area contributed by atoms with Gasteiger partial charge in [0.1, 0.15) is 0 Å². The standard InChI is InChI=1S/C15H28N2O2/c1-3-11-17(14-7-9-16-10-8-14)15(18)6-5-13-19-12-4-2/h4,14,16H,2-3,5-13H2,1H3. The number of carbonyl (C=O) groups is 1. The van der Waals surface area contributed by atoms with Crippen molar-refractivity contribution in [2.45, 2.75) is 45.1 Å². The van der Waals surface area contributed by atoms with E-state index < -0.39 is 0 Å². The van der Waals surface area contributed by atoms with Gasteiger partial charge < -0.3 is 15.0 Å². The van der Waals surface area contributed by atoms with Crippen LogP contribution in [0.4, 0.5) is 0 Å². The Morgan fingerprint density at radius 3 is 2.84 bits per heavy atom. The van der Waals surface area contributed by atoms with E-state index in [1.54, 1.807) is 6.08 Å². The molecule has 4 nitrogen and oxygen atoms in total. The minimum atomic E-state index is 0.288. The lowest BCUT2D eigenvalue weighted by atomic mass is 10.0. The molecule has 0 atom stereocenters. The first-order valence-electron chi connectivity index (χ1n) is 7.48. The van der Waals surface area contributed by atoms with E-state index in [-0.39, 0.29) is 5.91 Å². The van der Waals surface area contributed by atoms with Crippen LogP contribution in [0.1, 0.15) is 39.0 Å². The van der Waals surface area contributed by atoms with Crippen LogP contribution in [0.5, 0.6) is 0 Å². The van der Waals surface area contributed by atoms with E-state index in [9.17, 15) is 4.79 Å². The highest BCUT2D eigenvalue weighted by molar-refractivity contribution is 5.76. The van der Waals surface area contributed by atoms with E-state index in [4.69, 9.17) is 4.74 Å². The molecule has 19 heavy (non-hydrogen) atoms. The molecule has 1 aliphatic rings. The lowest BCUT2D eigenvalue weighted by molar-refractivity contribution is -0.134. The zero-order chi connectivity index (χ0) is 13.9. The van der Waals surface area contributed by atoms with Crippen LogP contribution >= 0.6 is 0 Å². The lowest BCUT2D eigenvalue weighted by Gasteiger charge is -2.34. The Morgan fingerprint density at radius 2 is 2.21 bits per heavy atom. The minimum Gasteiger partial charge on any atom is -0.377 e. The first-order valence-corrected chi connectivity index (χ1v) is 7.48. The summed E-state index contributed by atoms with van der Waals surface area (Å²) in [6.45, 7) is 9.89. The van der Waals surface area contributed by atoms with Crippen molar-refractivity contribution in [1.29, 1.82) is 0 Å². The molecule has 1 amide bonds. The van der Waals surface area contributed by atoms with Crippen molar-refractivity contribution >= 4 is 5.91 Å². The summed E-state index contributed by atoms with van der Waals surface area (Å²) in [7, 11) is 0. The average Bonchev–Trinajstić information content (AvgIpc) is 2.45. The molecule has 1 aliphatic heterocycles. The highest BCUT2D eigenvalue weighted by atomic mass is 16.5. The highest BCUT2D eigenvalue weighted by Crippen LogP contribution is 2.14. The van der Waals surface area contributed by atoms with Crippen LogP contribution in [0.3, 0.4) is 0 Å². The van der Waals surface area contributed by atoms with E-state index in [1.165, 1.54) is 0 Å². The van der Waals surface area contributed by atoms with Crippen LogP contribution in [0.15, 0.2) is 12.7 Å². The first-order chi connectivity index (χ1) is 9.29. The van der Waals surface area contributed by atoms with E-state index >= 15 is 0 Å². The van der Waals surface area contributed by atoms with Crippen LogP contribution < -0.4 is 5.32 Å². The SMILES string of the molecule is C=CCOCCCC(=O)N(CCC)C1CCNCC1. The summed E-state index contributed by atoms with van der Waals surface area (Å²) < 4.78 is 5.32. The van der Waals surface area contributed by atoms with Gasteiger partial charge in [-0.2, -0.15) is 0 Å². The molecule has 0 aromatic rings. The molecule has 0 saturated carbocycles. The zero-order valence-corrected chi connectivity index (χ0v) is 12.2. The molecular weight excluding hydrogens is 240 g/mol. The van der Waals surface area contributed by atoms with Crippen molar-refractivity contribution in [3.8, 4) is 0 Å². The van der Waals surface area contributed by atoms with Crippen molar-refractivity contribution in [2.75, 3.05) is 32.8 Å². The number of ether oxygens (including phenoxy) is 1. The second kappa shape index (κ2) is 9.98. The number of nitrogens with zero attached hydrogens (tertiary/aromatic N) is 1. The van der Waals surface area contributed by atoms with Crippen molar-refractivity contribution < 1.29 is 9.53 Å². The van der Waals surface area contributed by atoms with Crippen molar-refractivity contribution in [1.82, 2.24) is 10.2 Å². The highest BCUT2D eigenvalue weighted by Gasteiger charge is 2.23. The van der Waals surface area contributed by atoms with E-state index in [2.05, 4.69) is 23.7 Å². The molecule has 1 N–H and O–H groups in total. The Kier molecular flexibility index (Phi) is 8.50. The maximum absolute atomic E-state index is 12.3. The summed E-state index contributed by atoms with van der Waals surface area (Å²) in [4.78, 5) is 14.4. The molecule has 110 valence electrons. The van der Waals surface area contributed by atoms with Gasteiger partial charge in [-0.1, -0.05) is 13.0 Å². The Labute approximate surface area is 117 Å². The van der Waals surface area contributed by atoms with Gasteiger partial charge in [-0.05, 0) is 38.8 Å². The summed E-state index contributed by atoms with van der Waals surface area (Å²) in [5.74, 6) is 0.288. The summed E-state index contributed by atoms with van der Waals surface area (Å²) in [6, 6.07) is 0.433. The molecule has 0 aliphatic carbocycles. The number of rotatable bonds is 9. The summed E-state index contributed by atoms with van der Waals surface area (Å²) in [6.07, 6.45) is 6.33. The van der Waals surface area contributed by atoms with Gasteiger partial charge in [-0.15, -0.1) is 6.58 Å². The first kappa shape index (κ1) is 16.2.